The molecule has 1 aromatic carbocycles. The van der Waals surface area contributed by atoms with E-state index in [2.05, 4.69) is 10.4 Å². The van der Waals surface area contributed by atoms with Crippen LogP contribution in [0.1, 0.15) is 29.0 Å². The number of nitrogens with one attached hydrogen (secondary N) is 1. The van der Waals surface area contributed by atoms with Gasteiger partial charge in [-0.3, -0.25) is 9.36 Å². The zero-order chi connectivity index (χ0) is 19.7. The Morgan fingerprint density at radius 3 is 2.96 bits per heavy atom. The molecule has 1 atom stereocenters. The van der Waals surface area contributed by atoms with Gasteiger partial charge < -0.3 is 10.2 Å². The van der Waals surface area contributed by atoms with Gasteiger partial charge >= 0.3 is 5.69 Å². The minimum atomic E-state index is -0.0485. The number of rotatable bonds is 5. The minimum Gasteiger partial charge on any atom is -0.349 e. The van der Waals surface area contributed by atoms with Gasteiger partial charge in [0.2, 0.25) is 0 Å². The predicted molar refractivity (Wildman–Crippen MR) is 111 cm³/mol. The molecule has 1 N–H and O–H groups in total. The number of hydrogen-bond acceptors (Lipinski definition) is 5. The van der Waals surface area contributed by atoms with E-state index in [4.69, 9.17) is 0 Å². The highest BCUT2D eigenvalue weighted by Gasteiger charge is 2.23. The number of aromatic nitrogens is 3. The van der Waals surface area contributed by atoms with Crippen LogP contribution in [0.4, 0.5) is 0 Å². The lowest BCUT2D eigenvalue weighted by molar-refractivity contribution is 0.0935. The van der Waals surface area contributed by atoms with Crippen molar-refractivity contribution in [3.05, 3.63) is 51.5 Å². The molecule has 4 rings (SSSR count). The molecule has 28 heavy (non-hydrogen) atoms. The Labute approximate surface area is 167 Å². The molecule has 2 aromatic heterocycles. The van der Waals surface area contributed by atoms with E-state index >= 15 is 0 Å². The topological polar surface area (TPSA) is 72.2 Å². The molecule has 1 aliphatic heterocycles. The molecule has 1 amide bonds. The number of likely N-dealkylation sites (N-methyl/N-ethyl adjacent to an activating group) is 1. The average Bonchev–Trinajstić information content (AvgIpc) is 3.17. The van der Waals surface area contributed by atoms with E-state index in [9.17, 15) is 9.59 Å². The van der Waals surface area contributed by atoms with Crippen LogP contribution in [0.2, 0.25) is 0 Å². The summed E-state index contributed by atoms with van der Waals surface area (Å²) >= 11 is 1.59. The molecule has 3 heterocycles. The third-order valence-electron chi connectivity index (χ3n) is 5.24. The monoisotopic (exact) mass is 399 g/mol. The number of fused-ring (bicyclic) bond motifs is 2. The summed E-state index contributed by atoms with van der Waals surface area (Å²) in [7, 11) is 3.96. The normalized spacial score (nSPS) is 16.9. The first-order valence-electron chi connectivity index (χ1n) is 9.61. The van der Waals surface area contributed by atoms with Crippen LogP contribution in [0.3, 0.4) is 0 Å². The number of amides is 1. The Morgan fingerprint density at radius 2 is 2.14 bits per heavy atom. The lowest BCUT2D eigenvalue weighted by Crippen LogP contribution is -2.36. The minimum absolute atomic E-state index is 0.0367. The highest BCUT2D eigenvalue weighted by atomic mass is 32.1. The molecule has 148 valence electrons. The van der Waals surface area contributed by atoms with Gasteiger partial charge in [0.1, 0.15) is 5.82 Å². The largest absolute Gasteiger partial charge is 0.349 e. The van der Waals surface area contributed by atoms with Crippen molar-refractivity contribution in [3.63, 3.8) is 0 Å². The molecule has 1 aliphatic rings. The summed E-state index contributed by atoms with van der Waals surface area (Å²) in [6.45, 7) is 1.96. The van der Waals surface area contributed by atoms with Gasteiger partial charge in [0.05, 0.1) is 12.1 Å². The molecule has 0 saturated heterocycles. The van der Waals surface area contributed by atoms with Crippen LogP contribution < -0.4 is 11.0 Å². The standard InChI is InChI=1S/C20H25N5O2S/c1-23(2)11-12-25-20(27)24-10-9-14(7-8-18(24)22-25)21-19(26)16-13-28-17-6-4-3-5-15(16)17/h3-6,13-14H,7-12H2,1-2H3,(H,21,26). The van der Waals surface area contributed by atoms with E-state index < -0.39 is 0 Å². The SMILES string of the molecule is CN(C)CCn1nc2n(c1=O)CCC(NC(=O)c1csc3ccccc13)CC2. The van der Waals surface area contributed by atoms with Crippen molar-refractivity contribution in [2.45, 2.75) is 38.4 Å². The smallest absolute Gasteiger partial charge is 0.345 e. The Morgan fingerprint density at radius 1 is 1.32 bits per heavy atom. The fourth-order valence-corrected chi connectivity index (χ4v) is 4.57. The van der Waals surface area contributed by atoms with E-state index in [0.717, 1.165) is 40.9 Å². The number of aryl methyl sites for hydroxylation is 1. The molecule has 0 bridgehead atoms. The van der Waals surface area contributed by atoms with Crippen LogP contribution in [0, 0.1) is 0 Å². The van der Waals surface area contributed by atoms with Crippen molar-refractivity contribution in [2.75, 3.05) is 20.6 Å². The third kappa shape index (κ3) is 3.74. The Hall–Kier alpha value is -2.45. The number of hydrogen-bond donors (Lipinski definition) is 1. The van der Waals surface area contributed by atoms with Crippen LogP contribution in [0.5, 0.6) is 0 Å². The second-order valence-electron chi connectivity index (χ2n) is 7.52. The number of carbonyl (C=O) groups is 1. The summed E-state index contributed by atoms with van der Waals surface area (Å²) in [5, 5.41) is 10.6. The number of thiophene rings is 1. The van der Waals surface area contributed by atoms with Gasteiger partial charge in [-0.25, -0.2) is 9.48 Å². The molecule has 0 radical (unpaired) electrons. The summed E-state index contributed by atoms with van der Waals surface area (Å²) in [5.74, 6) is 0.784. The molecular weight excluding hydrogens is 374 g/mol. The zero-order valence-corrected chi connectivity index (χ0v) is 17.0. The average molecular weight is 400 g/mol. The second kappa shape index (κ2) is 7.89. The highest BCUT2D eigenvalue weighted by Crippen LogP contribution is 2.26. The van der Waals surface area contributed by atoms with Gasteiger partial charge in [0, 0.05) is 41.0 Å². The Bertz CT molecular complexity index is 1050. The molecule has 1 unspecified atom stereocenters. The third-order valence-corrected chi connectivity index (χ3v) is 6.20. The van der Waals surface area contributed by atoms with Crippen LogP contribution in [0.15, 0.2) is 34.4 Å². The Balaban J connectivity index is 1.43. The lowest BCUT2D eigenvalue weighted by Gasteiger charge is -2.16. The number of benzene rings is 1. The first-order chi connectivity index (χ1) is 13.5. The van der Waals surface area contributed by atoms with Crippen molar-refractivity contribution >= 4 is 27.3 Å². The molecule has 0 aliphatic carbocycles. The van der Waals surface area contributed by atoms with E-state index in [1.54, 1.807) is 20.6 Å². The van der Waals surface area contributed by atoms with Crippen LogP contribution >= 0.6 is 11.3 Å². The summed E-state index contributed by atoms with van der Waals surface area (Å²) in [4.78, 5) is 27.4. The van der Waals surface area contributed by atoms with Crippen molar-refractivity contribution < 1.29 is 4.79 Å². The van der Waals surface area contributed by atoms with E-state index in [1.807, 2.05) is 48.6 Å². The lowest BCUT2D eigenvalue weighted by atomic mass is 10.1. The quantitative estimate of drug-likeness (QED) is 0.712. The first kappa shape index (κ1) is 18.9. The Kier molecular flexibility index (Phi) is 5.32. The maximum Gasteiger partial charge on any atom is 0.345 e. The van der Waals surface area contributed by atoms with Gasteiger partial charge in [0.15, 0.2) is 0 Å². The fourth-order valence-electron chi connectivity index (χ4n) is 3.63. The molecule has 8 heteroatoms. The van der Waals surface area contributed by atoms with E-state index in [1.165, 1.54) is 0 Å². The predicted octanol–water partition coefficient (Wildman–Crippen LogP) is 1.96. The zero-order valence-electron chi connectivity index (χ0n) is 16.2. The summed E-state index contributed by atoms with van der Waals surface area (Å²) < 4.78 is 4.44. The van der Waals surface area contributed by atoms with Crippen molar-refractivity contribution in [2.24, 2.45) is 0 Å². The molecule has 7 nitrogen and oxygen atoms in total. The number of carbonyl (C=O) groups excluding carboxylic acids is 1. The molecule has 3 aromatic rings. The summed E-state index contributed by atoms with van der Waals surface area (Å²) in [6.07, 6.45) is 2.22. The molecule has 0 fully saturated rings. The van der Waals surface area contributed by atoms with E-state index in [0.29, 0.717) is 19.5 Å². The number of nitrogens with zero attached hydrogens (tertiary/aromatic N) is 4. The van der Waals surface area contributed by atoms with Gasteiger partial charge in [-0.1, -0.05) is 18.2 Å². The van der Waals surface area contributed by atoms with Crippen molar-refractivity contribution in [1.29, 1.82) is 0 Å². The first-order valence-corrected chi connectivity index (χ1v) is 10.5. The van der Waals surface area contributed by atoms with Gasteiger partial charge in [-0.05, 0) is 33.0 Å². The fraction of sp³-hybridized carbons (Fsp3) is 0.450. The van der Waals surface area contributed by atoms with Crippen LogP contribution in [-0.4, -0.2) is 51.8 Å². The van der Waals surface area contributed by atoms with Gasteiger partial charge in [-0.2, -0.15) is 5.10 Å². The molecule has 0 saturated carbocycles. The van der Waals surface area contributed by atoms with Crippen LogP contribution in [-0.2, 0) is 19.5 Å². The van der Waals surface area contributed by atoms with E-state index in [-0.39, 0.29) is 17.6 Å². The van der Waals surface area contributed by atoms with Gasteiger partial charge in [0.25, 0.3) is 5.91 Å². The summed E-state index contributed by atoms with van der Waals surface area (Å²) in [6, 6.07) is 8.00. The maximum absolute atomic E-state index is 12.8. The van der Waals surface area contributed by atoms with Crippen LogP contribution in [0.25, 0.3) is 10.1 Å². The molecule has 0 spiro atoms. The van der Waals surface area contributed by atoms with Crippen molar-refractivity contribution in [3.8, 4) is 0 Å². The van der Waals surface area contributed by atoms with Gasteiger partial charge in [-0.15, -0.1) is 11.3 Å². The van der Waals surface area contributed by atoms with Crippen molar-refractivity contribution in [1.82, 2.24) is 24.6 Å². The molecular formula is C20H25N5O2S. The highest BCUT2D eigenvalue weighted by molar-refractivity contribution is 7.17. The summed E-state index contributed by atoms with van der Waals surface area (Å²) in [5.41, 5.74) is 0.682. The maximum atomic E-state index is 12.8. The second-order valence-corrected chi connectivity index (χ2v) is 8.43.